The third kappa shape index (κ3) is 2.38. The lowest BCUT2D eigenvalue weighted by molar-refractivity contribution is 0.879. The standard InChI is InChI=1S/C10H17P/c1-3-5-9-7-8-11-10(9)6-4-2/h7-8,11H,3-6H2,1-2H3. The molecule has 1 aromatic heterocycles. The van der Waals surface area contributed by atoms with Gasteiger partial charge in [-0.15, -0.1) is 8.19 Å². The summed E-state index contributed by atoms with van der Waals surface area (Å²) in [7, 11) is 0.996. The van der Waals surface area contributed by atoms with Crippen LogP contribution in [0.5, 0.6) is 0 Å². The Morgan fingerprint density at radius 2 is 1.91 bits per heavy atom. The zero-order valence-electron chi connectivity index (χ0n) is 7.48. The maximum atomic E-state index is 2.33. The largest absolute Gasteiger partial charge is 0.136 e. The topological polar surface area (TPSA) is 0 Å². The maximum absolute atomic E-state index is 2.33. The highest BCUT2D eigenvalue weighted by Gasteiger charge is 1.99. The summed E-state index contributed by atoms with van der Waals surface area (Å²) in [5, 5.41) is 1.72. The zero-order valence-corrected chi connectivity index (χ0v) is 8.48. The number of hydrogen-bond acceptors (Lipinski definition) is 0. The van der Waals surface area contributed by atoms with Crippen LogP contribution in [-0.2, 0) is 12.8 Å². The Hall–Kier alpha value is -0.220. The van der Waals surface area contributed by atoms with E-state index < -0.39 is 0 Å². The van der Waals surface area contributed by atoms with Gasteiger partial charge in [-0.3, -0.25) is 0 Å². The number of aryl methyl sites for hydroxylation is 2. The molecule has 0 saturated heterocycles. The minimum absolute atomic E-state index is 0.996. The van der Waals surface area contributed by atoms with E-state index in [2.05, 4.69) is 25.7 Å². The minimum Gasteiger partial charge on any atom is -0.136 e. The first-order valence-electron chi connectivity index (χ1n) is 4.53. The van der Waals surface area contributed by atoms with Gasteiger partial charge in [-0.1, -0.05) is 32.8 Å². The summed E-state index contributed by atoms with van der Waals surface area (Å²) in [5.74, 6) is 2.33. The molecule has 0 aliphatic rings. The fraction of sp³-hybridized carbons (Fsp3) is 0.600. The lowest BCUT2D eigenvalue weighted by Crippen LogP contribution is -1.85. The normalized spacial score (nSPS) is 11.1. The van der Waals surface area contributed by atoms with Crippen molar-refractivity contribution in [2.45, 2.75) is 39.5 Å². The molecule has 0 radical (unpaired) electrons. The molecule has 0 amide bonds. The van der Waals surface area contributed by atoms with Crippen molar-refractivity contribution >= 4 is 8.19 Å². The van der Waals surface area contributed by atoms with Crippen molar-refractivity contribution < 1.29 is 0 Å². The molecule has 0 N–H and O–H groups in total. The van der Waals surface area contributed by atoms with Crippen LogP contribution in [0.4, 0.5) is 0 Å². The average molecular weight is 168 g/mol. The molecule has 0 aliphatic carbocycles. The maximum Gasteiger partial charge on any atom is -0.0244 e. The summed E-state index contributed by atoms with van der Waals surface area (Å²) in [6.07, 6.45) is 5.20. The van der Waals surface area contributed by atoms with Crippen LogP contribution in [0, 0.1) is 0 Å². The lowest BCUT2D eigenvalue weighted by atomic mass is 10.1. The van der Waals surface area contributed by atoms with Crippen molar-refractivity contribution in [1.82, 2.24) is 0 Å². The van der Waals surface area contributed by atoms with E-state index in [1.165, 1.54) is 25.7 Å². The molecule has 0 aliphatic heterocycles. The van der Waals surface area contributed by atoms with Gasteiger partial charge in [0.1, 0.15) is 0 Å². The van der Waals surface area contributed by atoms with Crippen molar-refractivity contribution in [3.05, 3.63) is 22.7 Å². The summed E-state index contributed by atoms with van der Waals surface area (Å²) < 4.78 is 0. The fourth-order valence-electron chi connectivity index (χ4n) is 1.42. The highest BCUT2D eigenvalue weighted by atomic mass is 31.0. The lowest BCUT2D eigenvalue weighted by Gasteiger charge is -1.99. The molecule has 1 heteroatoms. The second-order valence-corrected chi connectivity index (χ2v) is 4.21. The Morgan fingerprint density at radius 3 is 2.55 bits per heavy atom. The van der Waals surface area contributed by atoms with Gasteiger partial charge in [-0.2, -0.15) is 0 Å². The Kier molecular flexibility index (Phi) is 3.72. The van der Waals surface area contributed by atoms with Gasteiger partial charge >= 0.3 is 0 Å². The van der Waals surface area contributed by atoms with Crippen LogP contribution in [0.25, 0.3) is 0 Å². The second kappa shape index (κ2) is 4.62. The molecule has 1 heterocycles. The van der Waals surface area contributed by atoms with Crippen molar-refractivity contribution in [2.24, 2.45) is 0 Å². The third-order valence-corrected chi connectivity index (χ3v) is 3.20. The van der Waals surface area contributed by atoms with Gasteiger partial charge in [0.05, 0.1) is 0 Å². The highest BCUT2D eigenvalue weighted by Crippen LogP contribution is 2.23. The van der Waals surface area contributed by atoms with Gasteiger partial charge in [0.25, 0.3) is 0 Å². The molecule has 11 heavy (non-hydrogen) atoms. The van der Waals surface area contributed by atoms with E-state index in [9.17, 15) is 0 Å². The van der Waals surface area contributed by atoms with Crippen molar-refractivity contribution in [2.75, 3.05) is 0 Å². The molecule has 0 saturated carbocycles. The summed E-state index contributed by atoms with van der Waals surface area (Å²) in [4.78, 5) is 0. The second-order valence-electron chi connectivity index (χ2n) is 2.98. The fourth-order valence-corrected chi connectivity index (χ4v) is 2.70. The van der Waals surface area contributed by atoms with E-state index in [-0.39, 0.29) is 0 Å². The smallest absolute Gasteiger partial charge is 0.0244 e. The zero-order chi connectivity index (χ0) is 8.10. The number of hydrogen-bond donors (Lipinski definition) is 0. The quantitative estimate of drug-likeness (QED) is 0.644. The van der Waals surface area contributed by atoms with Crippen LogP contribution in [0.15, 0.2) is 11.9 Å². The highest BCUT2D eigenvalue weighted by molar-refractivity contribution is 7.30. The Labute approximate surface area is 71.1 Å². The molecule has 0 fully saturated rings. The van der Waals surface area contributed by atoms with E-state index in [0.29, 0.717) is 0 Å². The van der Waals surface area contributed by atoms with Gasteiger partial charge in [0, 0.05) is 0 Å². The molecule has 0 aromatic carbocycles. The molecular weight excluding hydrogens is 151 g/mol. The minimum atomic E-state index is 0.996. The van der Waals surface area contributed by atoms with E-state index >= 15 is 0 Å². The van der Waals surface area contributed by atoms with Gasteiger partial charge in [-0.05, 0) is 29.5 Å². The Balaban J connectivity index is 2.62. The van der Waals surface area contributed by atoms with Gasteiger partial charge in [-0.25, -0.2) is 0 Å². The predicted molar refractivity (Wildman–Crippen MR) is 53.9 cm³/mol. The molecule has 1 aromatic rings. The third-order valence-electron chi connectivity index (χ3n) is 1.95. The first-order chi connectivity index (χ1) is 5.38. The van der Waals surface area contributed by atoms with Crippen molar-refractivity contribution in [3.63, 3.8) is 0 Å². The Bertz CT molecular complexity index is 180. The molecule has 62 valence electrons. The molecule has 0 nitrogen and oxygen atoms in total. The monoisotopic (exact) mass is 168 g/mol. The summed E-state index contributed by atoms with van der Waals surface area (Å²) in [6, 6.07) is 2.33. The van der Waals surface area contributed by atoms with Crippen LogP contribution in [-0.4, -0.2) is 0 Å². The Morgan fingerprint density at radius 1 is 1.18 bits per heavy atom. The summed E-state index contributed by atoms with van der Waals surface area (Å²) in [6.45, 7) is 4.52. The van der Waals surface area contributed by atoms with E-state index in [4.69, 9.17) is 0 Å². The molecule has 0 spiro atoms. The van der Waals surface area contributed by atoms with Crippen LogP contribution < -0.4 is 0 Å². The first kappa shape index (κ1) is 8.87. The van der Waals surface area contributed by atoms with E-state index in [1.807, 2.05) is 0 Å². The molecule has 1 atom stereocenters. The average Bonchev–Trinajstić information content (AvgIpc) is 2.39. The van der Waals surface area contributed by atoms with Crippen molar-refractivity contribution in [3.8, 4) is 0 Å². The van der Waals surface area contributed by atoms with Crippen LogP contribution in [0.2, 0.25) is 0 Å². The van der Waals surface area contributed by atoms with Gasteiger partial charge in [0.2, 0.25) is 0 Å². The van der Waals surface area contributed by atoms with E-state index in [1.54, 1.807) is 10.9 Å². The molecule has 1 rings (SSSR count). The van der Waals surface area contributed by atoms with Crippen LogP contribution in [0.3, 0.4) is 0 Å². The van der Waals surface area contributed by atoms with Crippen molar-refractivity contribution in [1.29, 1.82) is 0 Å². The van der Waals surface area contributed by atoms with Gasteiger partial charge in [0.15, 0.2) is 0 Å². The predicted octanol–water partition coefficient (Wildman–Crippen LogP) is 3.62. The molecule has 1 unspecified atom stereocenters. The summed E-state index contributed by atoms with van der Waals surface area (Å²) >= 11 is 0. The van der Waals surface area contributed by atoms with Crippen LogP contribution >= 0.6 is 8.19 Å². The molecular formula is C10H17P. The van der Waals surface area contributed by atoms with Crippen LogP contribution in [0.1, 0.15) is 37.5 Å². The molecule has 0 bridgehead atoms. The number of rotatable bonds is 4. The SMILES string of the molecule is CCCc1cc[pH]c1CCC. The first-order valence-corrected chi connectivity index (χ1v) is 5.61. The summed E-state index contributed by atoms with van der Waals surface area (Å²) in [5.41, 5.74) is 1.63. The van der Waals surface area contributed by atoms with Gasteiger partial charge < -0.3 is 0 Å². The van der Waals surface area contributed by atoms with E-state index in [0.717, 1.165) is 8.19 Å².